The van der Waals surface area contributed by atoms with Crippen molar-refractivity contribution in [1.82, 2.24) is 15.1 Å². The Hall–Kier alpha value is -3.42. The summed E-state index contributed by atoms with van der Waals surface area (Å²) < 4.78 is 21.1. The van der Waals surface area contributed by atoms with Crippen molar-refractivity contribution in [3.8, 4) is 17.4 Å². The summed E-state index contributed by atoms with van der Waals surface area (Å²) in [6.45, 7) is 5.53. The van der Waals surface area contributed by atoms with E-state index in [2.05, 4.69) is 15.1 Å². The fraction of sp³-hybridized carbons (Fsp3) is 0.263. The molecule has 3 aromatic rings. The molecule has 1 aromatic carbocycles. The van der Waals surface area contributed by atoms with Gasteiger partial charge < -0.3 is 18.7 Å². The molecule has 8 nitrogen and oxygen atoms in total. The van der Waals surface area contributed by atoms with Crippen molar-refractivity contribution in [3.05, 3.63) is 58.9 Å². The molecule has 0 unspecified atom stereocenters. The molecule has 0 aliphatic heterocycles. The van der Waals surface area contributed by atoms with Crippen LogP contribution in [0.15, 0.2) is 35.0 Å². The Bertz CT molecular complexity index is 927. The van der Waals surface area contributed by atoms with Crippen LogP contribution < -0.4 is 14.2 Å². The minimum atomic E-state index is -0.502. The molecular weight excluding hydrogens is 350 g/mol. The van der Waals surface area contributed by atoms with Crippen molar-refractivity contribution in [1.29, 1.82) is 0 Å². The van der Waals surface area contributed by atoms with E-state index in [1.807, 2.05) is 26.0 Å². The van der Waals surface area contributed by atoms with Crippen molar-refractivity contribution >= 4 is 5.97 Å². The van der Waals surface area contributed by atoms with Crippen LogP contribution in [0.4, 0.5) is 0 Å². The molecule has 2 aromatic heterocycles. The summed E-state index contributed by atoms with van der Waals surface area (Å²) in [4.78, 5) is 20.5. The quantitative estimate of drug-likeness (QED) is 0.483. The molecule has 0 atom stereocenters. The van der Waals surface area contributed by atoms with Gasteiger partial charge in [0.25, 0.3) is 5.89 Å². The highest BCUT2D eigenvalue weighted by Gasteiger charge is 2.14. The van der Waals surface area contributed by atoms with Crippen LogP contribution in [0.3, 0.4) is 0 Å². The third kappa shape index (κ3) is 4.41. The van der Waals surface area contributed by atoms with Gasteiger partial charge in [-0.1, -0.05) is 5.16 Å². The van der Waals surface area contributed by atoms with Gasteiger partial charge in [0.1, 0.15) is 11.5 Å². The molecule has 0 fully saturated rings. The van der Waals surface area contributed by atoms with Crippen molar-refractivity contribution < 1.29 is 23.5 Å². The second kappa shape index (κ2) is 7.86. The van der Waals surface area contributed by atoms with E-state index in [0.29, 0.717) is 34.7 Å². The monoisotopic (exact) mass is 369 g/mol. The molecule has 0 amide bonds. The molecule has 8 heteroatoms. The molecular formula is C19H19N3O5. The fourth-order valence-corrected chi connectivity index (χ4v) is 2.46. The van der Waals surface area contributed by atoms with Crippen molar-refractivity contribution in [3.63, 3.8) is 0 Å². The van der Waals surface area contributed by atoms with Crippen LogP contribution in [0.2, 0.25) is 0 Å². The maximum absolute atomic E-state index is 12.4. The number of nitrogens with zero attached hydrogens (tertiary/aromatic N) is 3. The number of rotatable bonds is 6. The van der Waals surface area contributed by atoms with Crippen LogP contribution in [0.1, 0.15) is 33.2 Å². The van der Waals surface area contributed by atoms with Gasteiger partial charge in [0, 0.05) is 12.3 Å². The van der Waals surface area contributed by atoms with E-state index < -0.39 is 5.97 Å². The molecule has 0 radical (unpaired) electrons. The Balaban J connectivity index is 1.65. The summed E-state index contributed by atoms with van der Waals surface area (Å²) in [5, 5.41) is 3.68. The summed E-state index contributed by atoms with van der Waals surface area (Å²) >= 11 is 0. The zero-order valence-corrected chi connectivity index (χ0v) is 15.5. The zero-order valence-electron chi connectivity index (χ0n) is 15.5. The Morgan fingerprint density at radius 3 is 2.44 bits per heavy atom. The first-order valence-corrected chi connectivity index (χ1v) is 8.21. The highest BCUT2D eigenvalue weighted by molar-refractivity contribution is 5.91. The number of esters is 1. The van der Waals surface area contributed by atoms with E-state index in [1.54, 1.807) is 26.2 Å². The fourth-order valence-electron chi connectivity index (χ4n) is 2.46. The minimum absolute atomic E-state index is 0.0991. The predicted molar refractivity (Wildman–Crippen MR) is 95.0 cm³/mol. The first-order valence-electron chi connectivity index (χ1n) is 8.21. The standard InChI is InChI=1S/C19H19N3O5/c1-11-7-15(24-4)8-12(2)18(11)26-19(23)14-5-6-16(20-9-14)25-10-17-21-13(3)22-27-17/h5-9H,10H2,1-4H3. The van der Waals surface area contributed by atoms with Crippen molar-refractivity contribution in [2.75, 3.05) is 7.11 Å². The lowest BCUT2D eigenvalue weighted by atomic mass is 10.1. The third-order valence-corrected chi connectivity index (χ3v) is 3.75. The predicted octanol–water partition coefficient (Wildman–Crippen LogP) is 3.20. The van der Waals surface area contributed by atoms with E-state index >= 15 is 0 Å². The number of aromatic nitrogens is 3. The number of aryl methyl sites for hydroxylation is 3. The average Bonchev–Trinajstić information content (AvgIpc) is 3.08. The summed E-state index contributed by atoms with van der Waals surface area (Å²) in [6, 6.07) is 6.78. The van der Waals surface area contributed by atoms with Gasteiger partial charge in [-0.3, -0.25) is 0 Å². The van der Waals surface area contributed by atoms with Crippen molar-refractivity contribution in [2.45, 2.75) is 27.4 Å². The number of hydrogen-bond acceptors (Lipinski definition) is 8. The number of carbonyl (C=O) groups is 1. The summed E-state index contributed by atoms with van der Waals surface area (Å²) in [5.41, 5.74) is 1.93. The molecule has 2 heterocycles. The smallest absolute Gasteiger partial charge is 0.345 e. The third-order valence-electron chi connectivity index (χ3n) is 3.75. The molecule has 0 aliphatic carbocycles. The van der Waals surface area contributed by atoms with E-state index in [9.17, 15) is 4.79 Å². The zero-order chi connectivity index (χ0) is 19.4. The van der Waals surface area contributed by atoms with Gasteiger partial charge in [-0.15, -0.1) is 0 Å². The Labute approximate surface area is 156 Å². The molecule has 140 valence electrons. The van der Waals surface area contributed by atoms with Crippen LogP contribution in [-0.2, 0) is 6.61 Å². The van der Waals surface area contributed by atoms with Gasteiger partial charge in [-0.2, -0.15) is 4.98 Å². The van der Waals surface area contributed by atoms with Gasteiger partial charge in [0.05, 0.1) is 12.7 Å². The van der Waals surface area contributed by atoms with Crippen LogP contribution in [0.5, 0.6) is 17.4 Å². The Kier molecular flexibility index (Phi) is 5.35. The van der Waals surface area contributed by atoms with Gasteiger partial charge >= 0.3 is 5.97 Å². The first-order chi connectivity index (χ1) is 13.0. The summed E-state index contributed by atoms with van der Waals surface area (Å²) in [5.74, 6) is 1.93. The number of methoxy groups -OCH3 is 1. The van der Waals surface area contributed by atoms with E-state index in [1.165, 1.54) is 6.20 Å². The average molecular weight is 369 g/mol. The molecule has 0 spiro atoms. The second-order valence-corrected chi connectivity index (χ2v) is 5.89. The normalized spacial score (nSPS) is 10.5. The van der Waals surface area contributed by atoms with Crippen LogP contribution in [-0.4, -0.2) is 28.2 Å². The van der Waals surface area contributed by atoms with Gasteiger partial charge in [-0.05, 0) is 50.1 Å². The molecule has 27 heavy (non-hydrogen) atoms. The second-order valence-electron chi connectivity index (χ2n) is 5.89. The molecule has 0 N–H and O–H groups in total. The van der Waals surface area contributed by atoms with Crippen LogP contribution in [0, 0.1) is 20.8 Å². The molecule has 0 aliphatic rings. The summed E-state index contributed by atoms with van der Waals surface area (Å²) in [7, 11) is 1.59. The lowest BCUT2D eigenvalue weighted by Crippen LogP contribution is -2.11. The molecule has 3 rings (SSSR count). The van der Waals surface area contributed by atoms with E-state index in [-0.39, 0.29) is 6.61 Å². The minimum Gasteiger partial charge on any atom is -0.497 e. The van der Waals surface area contributed by atoms with Crippen LogP contribution in [0.25, 0.3) is 0 Å². The Morgan fingerprint density at radius 1 is 1.15 bits per heavy atom. The molecule has 0 saturated heterocycles. The van der Waals surface area contributed by atoms with E-state index in [4.69, 9.17) is 18.7 Å². The number of pyridine rings is 1. The first kappa shape index (κ1) is 18.4. The maximum Gasteiger partial charge on any atom is 0.345 e. The highest BCUT2D eigenvalue weighted by Crippen LogP contribution is 2.29. The van der Waals surface area contributed by atoms with Crippen molar-refractivity contribution in [2.24, 2.45) is 0 Å². The van der Waals surface area contributed by atoms with Crippen LogP contribution >= 0.6 is 0 Å². The highest BCUT2D eigenvalue weighted by atomic mass is 16.5. The summed E-state index contributed by atoms with van der Waals surface area (Å²) in [6.07, 6.45) is 1.39. The number of benzene rings is 1. The van der Waals surface area contributed by atoms with Gasteiger partial charge in [-0.25, -0.2) is 9.78 Å². The maximum atomic E-state index is 12.4. The van der Waals surface area contributed by atoms with Gasteiger partial charge in [0.2, 0.25) is 5.88 Å². The Morgan fingerprint density at radius 2 is 1.89 bits per heavy atom. The number of ether oxygens (including phenoxy) is 3. The molecule has 0 saturated carbocycles. The van der Waals surface area contributed by atoms with E-state index in [0.717, 1.165) is 11.1 Å². The van der Waals surface area contributed by atoms with Gasteiger partial charge in [0.15, 0.2) is 12.4 Å². The number of hydrogen-bond donors (Lipinski definition) is 0. The largest absolute Gasteiger partial charge is 0.497 e. The lowest BCUT2D eigenvalue weighted by molar-refractivity contribution is 0.0731. The molecule has 0 bridgehead atoms. The lowest BCUT2D eigenvalue weighted by Gasteiger charge is -2.12. The SMILES string of the molecule is COc1cc(C)c(OC(=O)c2ccc(OCc3nc(C)no3)nc2)c(C)c1. The number of carbonyl (C=O) groups excluding carboxylic acids is 1. The topological polar surface area (TPSA) is 96.6 Å².